The molecule has 1 spiro atoms. The van der Waals surface area contributed by atoms with Crippen LogP contribution < -0.4 is 5.56 Å². The van der Waals surface area contributed by atoms with Gasteiger partial charge >= 0.3 is 6.09 Å². The zero-order chi connectivity index (χ0) is 31.1. The maximum Gasteiger partial charge on any atom is 0.407 e. The molecule has 1 aromatic rings. The third-order valence-electron chi connectivity index (χ3n) is 11.7. The number of nitrogens with zero attached hydrogens (tertiary/aromatic N) is 4. The Balaban J connectivity index is 1.21. The van der Waals surface area contributed by atoms with E-state index in [4.69, 9.17) is 0 Å². The van der Waals surface area contributed by atoms with Crippen molar-refractivity contribution in [2.75, 3.05) is 39.3 Å². The number of hydrogen-bond acceptors (Lipinski definition) is 5. The highest BCUT2D eigenvalue weighted by molar-refractivity contribution is 5.96. The van der Waals surface area contributed by atoms with Crippen molar-refractivity contribution < 1.29 is 24.6 Å². The number of likely N-dealkylation sites (tertiary alicyclic amines) is 1. The SMILES string of the molecule is CC(CC1CCCCC1)C(=O)N1CC[C@@](O)(Cn2cc(C(=O)N3CCN(C(=O)O)CC3)c(C3CC3)cc2=O)C2(CCCC2)C1. The quantitative estimate of drug-likeness (QED) is 0.475. The molecule has 2 atom stereocenters. The van der Waals surface area contributed by atoms with Crippen molar-refractivity contribution in [2.45, 2.75) is 108 Å². The molecule has 2 aliphatic heterocycles. The number of aliphatic hydroxyl groups is 1. The zero-order valence-corrected chi connectivity index (χ0v) is 26.3. The number of hydrogen-bond donors (Lipinski definition) is 2. The molecule has 0 radical (unpaired) electrons. The molecule has 3 heterocycles. The first-order valence-electron chi connectivity index (χ1n) is 17.1. The number of rotatable bonds is 7. The van der Waals surface area contributed by atoms with E-state index in [0.717, 1.165) is 50.5 Å². The first-order chi connectivity index (χ1) is 21.1. The van der Waals surface area contributed by atoms with Crippen molar-refractivity contribution in [3.8, 4) is 0 Å². The third kappa shape index (κ3) is 6.15. The van der Waals surface area contributed by atoms with E-state index in [1.807, 2.05) is 4.90 Å². The van der Waals surface area contributed by atoms with Crippen LogP contribution in [-0.4, -0.2) is 92.3 Å². The lowest BCUT2D eigenvalue weighted by Gasteiger charge is -2.53. The summed E-state index contributed by atoms with van der Waals surface area (Å²) < 4.78 is 1.54. The van der Waals surface area contributed by atoms with Crippen LogP contribution in [0.4, 0.5) is 4.79 Å². The molecule has 5 fully saturated rings. The van der Waals surface area contributed by atoms with Gasteiger partial charge in [-0.25, -0.2) is 4.79 Å². The number of aromatic nitrogens is 1. The molecular formula is C34H50N4O6. The second kappa shape index (κ2) is 12.5. The lowest BCUT2D eigenvalue weighted by Crippen LogP contribution is -2.62. The van der Waals surface area contributed by atoms with E-state index in [9.17, 15) is 29.4 Å². The summed E-state index contributed by atoms with van der Waals surface area (Å²) >= 11 is 0. The molecule has 3 amide bonds. The summed E-state index contributed by atoms with van der Waals surface area (Å²) in [5.74, 6) is 0.816. The van der Waals surface area contributed by atoms with Gasteiger partial charge in [-0.3, -0.25) is 14.4 Å². The van der Waals surface area contributed by atoms with Crippen LogP contribution in [0.25, 0.3) is 0 Å². The number of piperidine rings is 1. The summed E-state index contributed by atoms with van der Waals surface area (Å²) in [6.07, 6.45) is 13.8. The Morgan fingerprint density at radius 3 is 2.18 bits per heavy atom. The fourth-order valence-corrected chi connectivity index (χ4v) is 8.80. The summed E-state index contributed by atoms with van der Waals surface area (Å²) in [6, 6.07) is 1.59. The van der Waals surface area contributed by atoms with Gasteiger partial charge < -0.3 is 29.5 Å². The van der Waals surface area contributed by atoms with Gasteiger partial charge in [-0.1, -0.05) is 51.9 Å². The van der Waals surface area contributed by atoms with Gasteiger partial charge in [0.2, 0.25) is 5.91 Å². The Kier molecular flexibility index (Phi) is 8.83. The van der Waals surface area contributed by atoms with E-state index in [-0.39, 0.29) is 48.8 Å². The summed E-state index contributed by atoms with van der Waals surface area (Å²) in [6.45, 7) is 4.30. The van der Waals surface area contributed by atoms with Crippen molar-refractivity contribution in [1.82, 2.24) is 19.3 Å². The summed E-state index contributed by atoms with van der Waals surface area (Å²) in [4.78, 5) is 57.3. The monoisotopic (exact) mass is 610 g/mol. The van der Waals surface area contributed by atoms with Crippen molar-refractivity contribution >= 4 is 17.9 Å². The molecule has 6 rings (SSSR count). The number of amides is 3. The van der Waals surface area contributed by atoms with E-state index in [2.05, 4.69) is 6.92 Å². The third-order valence-corrected chi connectivity index (χ3v) is 11.7. The second-order valence-corrected chi connectivity index (χ2v) is 14.6. The van der Waals surface area contributed by atoms with Crippen LogP contribution in [-0.2, 0) is 11.3 Å². The van der Waals surface area contributed by atoms with Crippen LogP contribution in [0, 0.1) is 17.3 Å². The molecule has 1 unspecified atom stereocenters. The minimum atomic E-state index is -1.16. The molecule has 3 aliphatic carbocycles. The van der Waals surface area contributed by atoms with E-state index in [0.29, 0.717) is 44.1 Å². The van der Waals surface area contributed by atoms with Crippen molar-refractivity contribution in [2.24, 2.45) is 17.3 Å². The molecule has 44 heavy (non-hydrogen) atoms. The van der Waals surface area contributed by atoms with E-state index < -0.39 is 17.1 Å². The molecular weight excluding hydrogens is 560 g/mol. The topological polar surface area (TPSA) is 123 Å². The molecule has 1 aromatic heterocycles. The van der Waals surface area contributed by atoms with Crippen molar-refractivity contribution in [1.29, 1.82) is 0 Å². The lowest BCUT2D eigenvalue weighted by atomic mass is 9.65. The van der Waals surface area contributed by atoms with Gasteiger partial charge in [0.1, 0.15) is 0 Å². The van der Waals surface area contributed by atoms with Crippen LogP contribution >= 0.6 is 0 Å². The molecule has 0 bridgehead atoms. The molecule has 242 valence electrons. The summed E-state index contributed by atoms with van der Waals surface area (Å²) in [7, 11) is 0. The minimum Gasteiger partial charge on any atom is -0.465 e. The smallest absolute Gasteiger partial charge is 0.407 e. The molecule has 0 aromatic carbocycles. The highest BCUT2D eigenvalue weighted by atomic mass is 16.4. The first-order valence-corrected chi connectivity index (χ1v) is 17.1. The summed E-state index contributed by atoms with van der Waals surface area (Å²) in [5.41, 5.74) is -0.584. The second-order valence-electron chi connectivity index (χ2n) is 14.6. The maximum atomic E-state index is 13.8. The van der Waals surface area contributed by atoms with Crippen LogP contribution in [0.1, 0.15) is 112 Å². The highest BCUT2D eigenvalue weighted by Crippen LogP contribution is 2.52. The Hall–Kier alpha value is -2.88. The Morgan fingerprint density at radius 2 is 1.55 bits per heavy atom. The van der Waals surface area contributed by atoms with Gasteiger partial charge in [0.25, 0.3) is 11.5 Å². The molecule has 10 heteroatoms. The van der Waals surface area contributed by atoms with Gasteiger partial charge in [0.15, 0.2) is 0 Å². The number of piperazine rings is 1. The molecule has 2 saturated heterocycles. The van der Waals surface area contributed by atoms with Gasteiger partial charge in [0.05, 0.1) is 17.7 Å². The summed E-state index contributed by atoms with van der Waals surface area (Å²) in [5, 5.41) is 21.7. The van der Waals surface area contributed by atoms with Crippen LogP contribution in [0.3, 0.4) is 0 Å². The number of carbonyl (C=O) groups is 3. The minimum absolute atomic E-state index is 0.0220. The molecule has 2 N–H and O–H groups in total. The van der Waals surface area contributed by atoms with Crippen LogP contribution in [0.5, 0.6) is 0 Å². The normalized spacial score (nSPS) is 26.6. The largest absolute Gasteiger partial charge is 0.465 e. The van der Waals surface area contributed by atoms with Crippen LogP contribution in [0.15, 0.2) is 17.1 Å². The maximum absolute atomic E-state index is 13.8. The molecule has 5 aliphatic rings. The fraction of sp³-hybridized carbons (Fsp3) is 0.765. The molecule has 10 nitrogen and oxygen atoms in total. The predicted molar refractivity (Wildman–Crippen MR) is 166 cm³/mol. The van der Waals surface area contributed by atoms with E-state index >= 15 is 0 Å². The van der Waals surface area contributed by atoms with Gasteiger partial charge in [-0.15, -0.1) is 0 Å². The number of carbonyl (C=O) groups excluding carboxylic acids is 2. The Morgan fingerprint density at radius 1 is 0.886 bits per heavy atom. The standard InChI is InChI=1S/C34H50N4O6/c1-24(19-25-7-3-2-4-8-25)30(40)37-14-13-34(44,33(22-37)11-5-6-12-33)23-38-21-28(27(20-29(38)39)26-9-10-26)31(41)35-15-17-36(18-16-35)32(42)43/h20-21,24-26,44H,2-19,22-23H2,1H3,(H,42,43)/t24?,34-/m1/s1. The van der Waals surface area contributed by atoms with Gasteiger partial charge in [-0.05, 0) is 55.9 Å². The average molecular weight is 611 g/mol. The lowest BCUT2D eigenvalue weighted by molar-refractivity contribution is -0.163. The van der Waals surface area contributed by atoms with Crippen molar-refractivity contribution in [3.63, 3.8) is 0 Å². The average Bonchev–Trinajstić information content (AvgIpc) is 3.76. The molecule has 3 saturated carbocycles. The zero-order valence-electron chi connectivity index (χ0n) is 26.3. The van der Waals surface area contributed by atoms with Crippen molar-refractivity contribution in [3.05, 3.63) is 33.7 Å². The van der Waals surface area contributed by atoms with Gasteiger partial charge in [-0.2, -0.15) is 0 Å². The van der Waals surface area contributed by atoms with Crippen LogP contribution in [0.2, 0.25) is 0 Å². The van der Waals surface area contributed by atoms with Gasteiger partial charge in [0, 0.05) is 62.9 Å². The number of pyridine rings is 1. The predicted octanol–water partition coefficient (Wildman–Crippen LogP) is 4.29. The van der Waals surface area contributed by atoms with E-state index in [1.54, 1.807) is 17.2 Å². The van der Waals surface area contributed by atoms with E-state index in [1.165, 1.54) is 41.6 Å². The fourth-order valence-electron chi connectivity index (χ4n) is 8.80. The Bertz CT molecular complexity index is 1300. The Labute approximate surface area is 260 Å². The highest BCUT2D eigenvalue weighted by Gasteiger charge is 2.56. The first kappa shape index (κ1) is 31.1. The number of carboxylic acid groups (broad SMARTS) is 1.